The average molecular weight is 292 g/mol. The van der Waals surface area contributed by atoms with Crippen LogP contribution in [0.2, 0.25) is 0 Å². The van der Waals surface area contributed by atoms with E-state index in [1.807, 2.05) is 36.4 Å². The lowest BCUT2D eigenvalue weighted by Gasteiger charge is -2.19. The molecule has 0 saturated carbocycles. The Labute approximate surface area is 127 Å². The highest BCUT2D eigenvalue weighted by Gasteiger charge is 2.26. The van der Waals surface area contributed by atoms with Gasteiger partial charge >= 0.3 is 0 Å². The molecule has 1 atom stereocenters. The molecule has 2 heterocycles. The van der Waals surface area contributed by atoms with Crippen molar-refractivity contribution in [1.29, 1.82) is 0 Å². The van der Waals surface area contributed by atoms with E-state index in [4.69, 9.17) is 0 Å². The number of halogens is 1. The fraction of sp³-hybridized carbons (Fsp3) is 0.0556. The van der Waals surface area contributed by atoms with Crippen molar-refractivity contribution < 1.29 is 9.18 Å². The highest BCUT2D eigenvalue weighted by atomic mass is 19.1. The van der Waals surface area contributed by atoms with Gasteiger partial charge in [0.05, 0.1) is 17.3 Å². The number of anilines is 1. The summed E-state index contributed by atoms with van der Waals surface area (Å²) in [6.45, 7) is 0. The number of benzene rings is 2. The molecule has 1 unspecified atom stereocenters. The first-order valence-corrected chi connectivity index (χ1v) is 7.07. The molecule has 0 saturated heterocycles. The van der Waals surface area contributed by atoms with Crippen molar-refractivity contribution in [3.63, 3.8) is 0 Å². The third-order valence-corrected chi connectivity index (χ3v) is 3.96. The van der Waals surface area contributed by atoms with Gasteiger partial charge in [0.2, 0.25) is 0 Å². The van der Waals surface area contributed by atoms with E-state index in [0.717, 1.165) is 16.9 Å². The predicted octanol–water partition coefficient (Wildman–Crippen LogP) is 3.83. The SMILES string of the molecule is O=C1c2ccccc2NC(c2ccc(F)cc2)c2cccn21. The number of nitrogens with zero attached hydrogens (tertiary/aromatic N) is 1. The molecule has 2 aromatic carbocycles. The number of hydrogen-bond acceptors (Lipinski definition) is 2. The topological polar surface area (TPSA) is 34.0 Å². The van der Waals surface area contributed by atoms with Crippen LogP contribution in [-0.4, -0.2) is 10.5 Å². The van der Waals surface area contributed by atoms with E-state index in [-0.39, 0.29) is 17.8 Å². The molecular weight excluding hydrogens is 279 g/mol. The number of carbonyl (C=O) groups excluding carboxylic acids is 1. The first-order chi connectivity index (χ1) is 10.7. The highest BCUT2D eigenvalue weighted by molar-refractivity contribution is 6.02. The fourth-order valence-corrected chi connectivity index (χ4v) is 2.88. The van der Waals surface area contributed by atoms with E-state index < -0.39 is 0 Å². The fourth-order valence-electron chi connectivity index (χ4n) is 2.88. The highest BCUT2D eigenvalue weighted by Crippen LogP contribution is 2.32. The van der Waals surface area contributed by atoms with E-state index in [2.05, 4.69) is 5.32 Å². The Hall–Kier alpha value is -2.88. The van der Waals surface area contributed by atoms with Crippen molar-refractivity contribution in [2.75, 3.05) is 5.32 Å². The molecule has 0 spiro atoms. The van der Waals surface area contributed by atoms with Gasteiger partial charge in [-0.15, -0.1) is 0 Å². The summed E-state index contributed by atoms with van der Waals surface area (Å²) in [6, 6.07) is 17.3. The third-order valence-electron chi connectivity index (χ3n) is 3.96. The van der Waals surface area contributed by atoms with Gasteiger partial charge in [0.25, 0.3) is 5.91 Å². The van der Waals surface area contributed by atoms with Gasteiger partial charge in [-0.05, 0) is 42.0 Å². The summed E-state index contributed by atoms with van der Waals surface area (Å²) in [4.78, 5) is 12.7. The van der Waals surface area contributed by atoms with Crippen LogP contribution >= 0.6 is 0 Å². The first kappa shape index (κ1) is 12.8. The summed E-state index contributed by atoms with van der Waals surface area (Å²) >= 11 is 0. The van der Waals surface area contributed by atoms with Gasteiger partial charge in [0.15, 0.2) is 0 Å². The van der Waals surface area contributed by atoms with Crippen LogP contribution in [0.1, 0.15) is 27.7 Å². The quantitative estimate of drug-likeness (QED) is 0.739. The number of nitrogens with one attached hydrogen (secondary N) is 1. The van der Waals surface area contributed by atoms with Crippen LogP contribution in [-0.2, 0) is 0 Å². The molecule has 1 aromatic heterocycles. The maximum absolute atomic E-state index is 13.2. The second kappa shape index (κ2) is 4.84. The lowest BCUT2D eigenvalue weighted by Crippen LogP contribution is -2.15. The van der Waals surface area contributed by atoms with Crippen LogP contribution in [0.4, 0.5) is 10.1 Å². The van der Waals surface area contributed by atoms with Crippen molar-refractivity contribution in [2.45, 2.75) is 6.04 Å². The molecule has 1 N–H and O–H groups in total. The standard InChI is InChI=1S/C18H13FN2O/c19-13-9-7-12(8-10-13)17-16-6-3-11-21(16)18(22)14-4-1-2-5-15(14)20-17/h1-11,17,20H. The molecule has 0 radical (unpaired) electrons. The van der Waals surface area contributed by atoms with E-state index in [0.29, 0.717) is 5.56 Å². The number of aromatic nitrogens is 1. The summed E-state index contributed by atoms with van der Waals surface area (Å²) in [6.07, 6.45) is 1.76. The first-order valence-electron chi connectivity index (χ1n) is 7.07. The van der Waals surface area contributed by atoms with Gasteiger partial charge in [-0.1, -0.05) is 24.3 Å². The van der Waals surface area contributed by atoms with E-state index >= 15 is 0 Å². The van der Waals surface area contributed by atoms with Crippen molar-refractivity contribution in [2.24, 2.45) is 0 Å². The van der Waals surface area contributed by atoms with E-state index in [9.17, 15) is 9.18 Å². The molecular formula is C18H13FN2O. The molecule has 0 fully saturated rings. The molecule has 108 valence electrons. The zero-order valence-electron chi connectivity index (χ0n) is 11.7. The summed E-state index contributed by atoms with van der Waals surface area (Å²) in [5, 5.41) is 3.40. The molecule has 4 heteroatoms. The number of hydrogen-bond donors (Lipinski definition) is 1. The second-order valence-electron chi connectivity index (χ2n) is 5.28. The maximum Gasteiger partial charge on any atom is 0.264 e. The van der Waals surface area contributed by atoms with Crippen molar-refractivity contribution in [3.8, 4) is 0 Å². The van der Waals surface area contributed by atoms with Crippen LogP contribution in [0.5, 0.6) is 0 Å². The zero-order valence-corrected chi connectivity index (χ0v) is 11.7. The molecule has 3 nitrogen and oxygen atoms in total. The summed E-state index contributed by atoms with van der Waals surface area (Å²) < 4.78 is 14.8. The Balaban J connectivity index is 1.91. The molecule has 3 aromatic rings. The molecule has 4 rings (SSSR count). The van der Waals surface area contributed by atoms with Crippen LogP contribution in [0, 0.1) is 5.82 Å². The molecule has 22 heavy (non-hydrogen) atoms. The Kier molecular flexibility index (Phi) is 2.82. The van der Waals surface area contributed by atoms with E-state index in [1.165, 1.54) is 12.1 Å². The number of rotatable bonds is 1. The minimum absolute atomic E-state index is 0.0623. The molecule has 1 aliphatic heterocycles. The summed E-state index contributed by atoms with van der Waals surface area (Å²) in [5.74, 6) is -0.336. The third kappa shape index (κ3) is 1.92. The molecule has 0 aliphatic carbocycles. The Morgan fingerprint density at radius 2 is 1.73 bits per heavy atom. The van der Waals surface area contributed by atoms with Gasteiger partial charge in [0, 0.05) is 11.9 Å². The van der Waals surface area contributed by atoms with Gasteiger partial charge in [-0.2, -0.15) is 0 Å². The molecule has 0 amide bonds. The minimum atomic E-state index is -0.274. The van der Waals surface area contributed by atoms with Crippen molar-refractivity contribution in [3.05, 3.63) is 89.5 Å². The van der Waals surface area contributed by atoms with E-state index in [1.54, 1.807) is 22.9 Å². The average Bonchev–Trinajstić information content (AvgIpc) is 2.99. The number of para-hydroxylation sites is 1. The lowest BCUT2D eigenvalue weighted by molar-refractivity contribution is 0.0959. The monoisotopic (exact) mass is 292 g/mol. The van der Waals surface area contributed by atoms with Crippen molar-refractivity contribution in [1.82, 2.24) is 4.57 Å². The van der Waals surface area contributed by atoms with Gasteiger partial charge in [-0.3, -0.25) is 9.36 Å². The molecule has 1 aliphatic rings. The minimum Gasteiger partial charge on any atom is -0.372 e. The smallest absolute Gasteiger partial charge is 0.264 e. The van der Waals surface area contributed by atoms with Crippen LogP contribution in [0.15, 0.2) is 66.9 Å². The van der Waals surface area contributed by atoms with Crippen molar-refractivity contribution >= 4 is 11.6 Å². The summed E-state index contributed by atoms with van der Waals surface area (Å²) in [7, 11) is 0. The lowest BCUT2D eigenvalue weighted by atomic mass is 10.0. The van der Waals surface area contributed by atoms with Crippen LogP contribution in [0.3, 0.4) is 0 Å². The Morgan fingerprint density at radius 3 is 2.55 bits per heavy atom. The van der Waals surface area contributed by atoms with Gasteiger partial charge < -0.3 is 5.32 Å². The Bertz CT molecular complexity index is 852. The van der Waals surface area contributed by atoms with Gasteiger partial charge in [0.1, 0.15) is 5.82 Å². The zero-order chi connectivity index (χ0) is 15.1. The predicted molar refractivity (Wildman–Crippen MR) is 82.5 cm³/mol. The molecule has 0 bridgehead atoms. The second-order valence-corrected chi connectivity index (χ2v) is 5.28. The normalized spacial score (nSPS) is 16.4. The van der Waals surface area contributed by atoms with Crippen LogP contribution < -0.4 is 5.32 Å². The Morgan fingerprint density at radius 1 is 0.955 bits per heavy atom. The van der Waals surface area contributed by atoms with Gasteiger partial charge in [-0.25, -0.2) is 4.39 Å². The largest absolute Gasteiger partial charge is 0.372 e. The number of fused-ring (bicyclic) bond motifs is 2. The summed E-state index contributed by atoms with van der Waals surface area (Å²) in [5.41, 5.74) is 3.16. The number of carbonyl (C=O) groups is 1. The van der Waals surface area contributed by atoms with Crippen LogP contribution in [0.25, 0.3) is 0 Å². The maximum atomic E-state index is 13.2.